The van der Waals surface area contributed by atoms with Crippen molar-refractivity contribution in [3.8, 4) is 0 Å². The highest BCUT2D eigenvalue weighted by Gasteiger charge is 2.28. The Morgan fingerprint density at radius 1 is 1.11 bits per heavy atom. The molecule has 7 nitrogen and oxygen atoms in total. The summed E-state index contributed by atoms with van der Waals surface area (Å²) in [6.07, 6.45) is 1.94. The molecule has 0 aliphatic carbocycles. The molecule has 0 N–H and O–H groups in total. The molecule has 0 aromatic carbocycles. The van der Waals surface area contributed by atoms with E-state index in [9.17, 15) is 9.59 Å². The van der Waals surface area contributed by atoms with Gasteiger partial charge in [0.2, 0.25) is 5.91 Å². The first-order chi connectivity index (χ1) is 12.7. The molecule has 0 saturated carbocycles. The third-order valence-corrected chi connectivity index (χ3v) is 4.75. The zero-order valence-electron chi connectivity index (χ0n) is 16.8. The van der Waals surface area contributed by atoms with Crippen LogP contribution >= 0.6 is 0 Å². The zero-order valence-corrected chi connectivity index (χ0v) is 16.8. The maximum atomic E-state index is 12.8. The third-order valence-electron chi connectivity index (χ3n) is 4.75. The number of rotatable bonds is 2. The topological polar surface area (TPSA) is 67.2 Å². The summed E-state index contributed by atoms with van der Waals surface area (Å²) >= 11 is 0. The van der Waals surface area contributed by atoms with Crippen LogP contribution in [0.5, 0.6) is 0 Å². The Kier molecular flexibility index (Phi) is 5.13. The van der Waals surface area contributed by atoms with Gasteiger partial charge in [-0.25, -0.2) is 9.78 Å². The van der Waals surface area contributed by atoms with E-state index in [1.165, 1.54) is 0 Å². The second-order valence-electron chi connectivity index (χ2n) is 8.05. The minimum atomic E-state index is -0.511. The van der Waals surface area contributed by atoms with Crippen molar-refractivity contribution in [2.45, 2.75) is 46.6 Å². The number of piperazine rings is 1. The van der Waals surface area contributed by atoms with E-state index in [4.69, 9.17) is 4.74 Å². The summed E-state index contributed by atoms with van der Waals surface area (Å²) in [5, 5.41) is 0. The lowest BCUT2D eigenvalue weighted by Crippen LogP contribution is -2.52. The molecule has 1 aliphatic heterocycles. The molecular formula is C20H28N4O3. The molecule has 1 aliphatic rings. The van der Waals surface area contributed by atoms with Crippen molar-refractivity contribution in [3.05, 3.63) is 35.3 Å². The van der Waals surface area contributed by atoms with Crippen LogP contribution in [-0.2, 0) is 16.0 Å². The lowest BCUT2D eigenvalue weighted by atomic mass is 10.2. The minimum absolute atomic E-state index is 0.0604. The molecule has 27 heavy (non-hydrogen) atoms. The van der Waals surface area contributed by atoms with Gasteiger partial charge in [0.25, 0.3) is 0 Å². The summed E-state index contributed by atoms with van der Waals surface area (Å²) in [4.78, 5) is 33.0. The van der Waals surface area contributed by atoms with Gasteiger partial charge in [-0.2, -0.15) is 0 Å². The predicted molar refractivity (Wildman–Crippen MR) is 103 cm³/mol. The van der Waals surface area contributed by atoms with Gasteiger partial charge in [0.05, 0.1) is 17.8 Å². The standard InChI is InChI=1S/C20H28N4O3/c1-14-7-6-8-24-16(15(2)21-18(14)24)13-17(25)22-9-11-23(12-10-22)19(26)27-20(3,4)5/h6-8H,9-13H2,1-5H3. The molecule has 0 radical (unpaired) electrons. The average Bonchev–Trinajstić information content (AvgIpc) is 2.91. The van der Waals surface area contributed by atoms with Gasteiger partial charge in [-0.1, -0.05) is 6.07 Å². The van der Waals surface area contributed by atoms with E-state index in [1.54, 1.807) is 4.90 Å². The fraction of sp³-hybridized carbons (Fsp3) is 0.550. The Balaban J connectivity index is 1.63. The predicted octanol–water partition coefficient (Wildman–Crippen LogP) is 2.57. The van der Waals surface area contributed by atoms with Gasteiger partial charge >= 0.3 is 6.09 Å². The van der Waals surface area contributed by atoms with Gasteiger partial charge in [0.15, 0.2) is 0 Å². The molecule has 0 atom stereocenters. The number of carbonyl (C=O) groups excluding carboxylic acids is 2. The van der Waals surface area contributed by atoms with Crippen molar-refractivity contribution >= 4 is 17.6 Å². The number of pyridine rings is 1. The first kappa shape index (κ1) is 19.2. The summed E-state index contributed by atoms with van der Waals surface area (Å²) in [6.45, 7) is 11.5. The molecule has 0 spiro atoms. The number of carbonyl (C=O) groups is 2. The molecule has 3 rings (SSSR count). The van der Waals surface area contributed by atoms with Gasteiger partial charge in [-0.3, -0.25) is 4.79 Å². The summed E-state index contributed by atoms with van der Waals surface area (Å²) in [7, 11) is 0. The molecule has 3 heterocycles. The van der Waals surface area contributed by atoms with E-state index in [1.807, 2.05) is 62.2 Å². The molecule has 1 saturated heterocycles. The van der Waals surface area contributed by atoms with Gasteiger partial charge < -0.3 is 18.9 Å². The maximum Gasteiger partial charge on any atom is 0.410 e. The van der Waals surface area contributed by atoms with E-state index >= 15 is 0 Å². The highest BCUT2D eigenvalue weighted by Crippen LogP contribution is 2.17. The van der Waals surface area contributed by atoms with Crippen molar-refractivity contribution in [2.24, 2.45) is 0 Å². The molecule has 1 fully saturated rings. The molecule has 2 aromatic rings. The molecule has 0 bridgehead atoms. The molecular weight excluding hydrogens is 344 g/mol. The van der Waals surface area contributed by atoms with E-state index in [0.29, 0.717) is 32.6 Å². The number of aromatic nitrogens is 2. The monoisotopic (exact) mass is 372 g/mol. The van der Waals surface area contributed by atoms with Gasteiger partial charge in [0, 0.05) is 32.4 Å². The van der Waals surface area contributed by atoms with E-state index in [-0.39, 0.29) is 12.0 Å². The number of aryl methyl sites for hydroxylation is 2. The van der Waals surface area contributed by atoms with Crippen LogP contribution in [0.4, 0.5) is 4.79 Å². The Hall–Kier alpha value is -2.57. The molecule has 2 amide bonds. The van der Waals surface area contributed by atoms with E-state index < -0.39 is 5.60 Å². The van der Waals surface area contributed by atoms with Crippen molar-refractivity contribution in [2.75, 3.05) is 26.2 Å². The normalized spacial score (nSPS) is 15.3. The van der Waals surface area contributed by atoms with Gasteiger partial charge in [-0.05, 0) is 46.2 Å². The SMILES string of the molecule is Cc1nc2c(C)cccn2c1CC(=O)N1CCN(C(=O)OC(C)(C)C)CC1. The fourth-order valence-electron chi connectivity index (χ4n) is 3.30. The van der Waals surface area contributed by atoms with Crippen LogP contribution in [0.3, 0.4) is 0 Å². The van der Waals surface area contributed by atoms with Crippen LogP contribution in [0.1, 0.15) is 37.7 Å². The molecule has 2 aromatic heterocycles. The number of fused-ring (bicyclic) bond motifs is 1. The van der Waals surface area contributed by atoms with Crippen LogP contribution in [0.15, 0.2) is 18.3 Å². The summed E-state index contributed by atoms with van der Waals surface area (Å²) < 4.78 is 7.40. The van der Waals surface area contributed by atoms with E-state index in [2.05, 4.69) is 4.98 Å². The fourth-order valence-corrected chi connectivity index (χ4v) is 3.30. The van der Waals surface area contributed by atoms with Crippen molar-refractivity contribution in [3.63, 3.8) is 0 Å². The average molecular weight is 372 g/mol. The second-order valence-corrected chi connectivity index (χ2v) is 8.05. The Bertz CT molecular complexity index is 858. The van der Waals surface area contributed by atoms with Crippen molar-refractivity contribution in [1.29, 1.82) is 0 Å². The lowest BCUT2D eigenvalue weighted by Gasteiger charge is -2.35. The van der Waals surface area contributed by atoms with E-state index in [0.717, 1.165) is 22.6 Å². The van der Waals surface area contributed by atoms with Crippen molar-refractivity contribution < 1.29 is 14.3 Å². The lowest BCUT2D eigenvalue weighted by molar-refractivity contribution is -0.132. The molecule has 0 unspecified atom stereocenters. The number of imidazole rings is 1. The Morgan fingerprint density at radius 2 is 1.74 bits per heavy atom. The van der Waals surface area contributed by atoms with Crippen LogP contribution in [0.2, 0.25) is 0 Å². The number of hydrogen-bond acceptors (Lipinski definition) is 4. The number of hydrogen-bond donors (Lipinski definition) is 0. The largest absolute Gasteiger partial charge is 0.444 e. The zero-order chi connectivity index (χ0) is 19.8. The van der Waals surface area contributed by atoms with Gasteiger partial charge in [0.1, 0.15) is 11.2 Å². The minimum Gasteiger partial charge on any atom is -0.444 e. The number of ether oxygens (including phenoxy) is 1. The summed E-state index contributed by atoms with van der Waals surface area (Å²) in [5.74, 6) is 0.0604. The first-order valence-corrected chi connectivity index (χ1v) is 9.34. The number of amides is 2. The van der Waals surface area contributed by atoms with Crippen LogP contribution < -0.4 is 0 Å². The van der Waals surface area contributed by atoms with Gasteiger partial charge in [-0.15, -0.1) is 0 Å². The first-order valence-electron chi connectivity index (χ1n) is 9.34. The highest BCUT2D eigenvalue weighted by molar-refractivity contribution is 5.79. The van der Waals surface area contributed by atoms with Crippen LogP contribution in [-0.4, -0.2) is 63.0 Å². The smallest absolute Gasteiger partial charge is 0.410 e. The van der Waals surface area contributed by atoms with Crippen LogP contribution in [0, 0.1) is 13.8 Å². The highest BCUT2D eigenvalue weighted by atomic mass is 16.6. The maximum absolute atomic E-state index is 12.8. The Labute approximate surface area is 159 Å². The second kappa shape index (κ2) is 7.21. The third kappa shape index (κ3) is 4.23. The summed E-state index contributed by atoms with van der Waals surface area (Å²) in [5.41, 5.74) is 3.28. The van der Waals surface area contributed by atoms with Crippen LogP contribution in [0.25, 0.3) is 5.65 Å². The molecule has 7 heteroatoms. The quantitative estimate of drug-likeness (QED) is 0.813. The molecule has 146 valence electrons. The number of nitrogens with zero attached hydrogens (tertiary/aromatic N) is 4. The Morgan fingerprint density at radius 3 is 2.37 bits per heavy atom. The van der Waals surface area contributed by atoms with Crippen molar-refractivity contribution in [1.82, 2.24) is 19.2 Å². The summed E-state index contributed by atoms with van der Waals surface area (Å²) in [6, 6.07) is 3.99.